The Labute approximate surface area is 569 Å². The third kappa shape index (κ3) is 15.4. The predicted octanol–water partition coefficient (Wildman–Crippen LogP) is 11.8. The normalized spacial score (nSPS) is 21.0. The van der Waals surface area contributed by atoms with Crippen molar-refractivity contribution in [3.8, 4) is 0 Å². The summed E-state index contributed by atoms with van der Waals surface area (Å²) in [6, 6.07) is 19.3. The fraction of sp³-hybridized carbons (Fsp3) is 0.608. The fourth-order valence-corrected chi connectivity index (χ4v) is 16.8. The van der Waals surface area contributed by atoms with Crippen molar-refractivity contribution >= 4 is 53.2 Å². The highest BCUT2D eigenvalue weighted by atomic mass is 19.1. The summed E-state index contributed by atoms with van der Waals surface area (Å²) in [4.78, 5) is 97.2. The van der Waals surface area contributed by atoms with Gasteiger partial charge in [-0.1, -0.05) is 13.8 Å². The summed E-state index contributed by atoms with van der Waals surface area (Å²) in [6.07, 6.45) is 13.0. The number of hydrogen-bond donors (Lipinski definition) is 0. The number of fused-ring (bicyclic) bond motifs is 6. The minimum absolute atomic E-state index is 0.0854. The van der Waals surface area contributed by atoms with Gasteiger partial charge in [-0.05, 0) is 234 Å². The molecule has 0 N–H and O–H groups in total. The third-order valence-electron chi connectivity index (χ3n) is 22.1. The van der Waals surface area contributed by atoms with E-state index >= 15 is 0 Å². The second-order valence-electron chi connectivity index (χ2n) is 28.4. The van der Waals surface area contributed by atoms with E-state index in [1.807, 2.05) is 53.4 Å². The SMILES string of the molecule is CCOC(=O)N1CCC(N2CCC3(CC2)CN(C(=O)C(C)C)c2ccc(F)cc23)CC1.CCOC(=O)N1CCC(N2CCC3(CC2)CN(C(=O)OC(C)C)c2ccc(F)cc23)CC1.CCOC(=O)N1CCC(N2CCC3(CC2)CN(C(=O)c2cccnc2)c2ccc(F)cc23)CC1. The molecular weight excluding hydrogens is 1250 g/mol. The van der Waals surface area contributed by atoms with Gasteiger partial charge in [0.25, 0.3) is 5.91 Å². The summed E-state index contributed by atoms with van der Waals surface area (Å²) in [5.41, 5.74) is 5.24. The number of carbonyl (C=O) groups is 6. The number of anilines is 3. The molecule has 0 unspecified atom stereocenters. The molecule has 0 aliphatic carbocycles. The van der Waals surface area contributed by atoms with Crippen molar-refractivity contribution in [3.05, 3.63) is 119 Å². The highest BCUT2D eigenvalue weighted by molar-refractivity contribution is 6.07. The molecule has 13 rings (SSSR count). The lowest BCUT2D eigenvalue weighted by Gasteiger charge is -2.45. The zero-order chi connectivity index (χ0) is 68.8. The zero-order valence-electron chi connectivity index (χ0n) is 57.8. The van der Waals surface area contributed by atoms with Gasteiger partial charge < -0.3 is 58.1 Å². The molecule has 6 fully saturated rings. The van der Waals surface area contributed by atoms with Crippen molar-refractivity contribution in [1.82, 2.24) is 34.4 Å². The summed E-state index contributed by atoms with van der Waals surface area (Å²) < 4.78 is 63.5. The number of benzene rings is 3. The first-order valence-electron chi connectivity index (χ1n) is 35.6. The van der Waals surface area contributed by atoms with Crippen molar-refractivity contribution in [2.24, 2.45) is 5.92 Å². The maximum atomic E-state index is 14.3. The molecule has 9 aliphatic heterocycles. The Morgan fingerprint density at radius 3 is 1.13 bits per heavy atom. The van der Waals surface area contributed by atoms with Crippen LogP contribution in [0.3, 0.4) is 0 Å². The average Bonchev–Trinajstić information content (AvgIpc) is 1.61. The lowest BCUT2D eigenvalue weighted by atomic mass is 9.74. The molecule has 6 saturated heterocycles. The monoisotopic (exact) mass is 1340 g/mol. The minimum Gasteiger partial charge on any atom is -0.450 e. The molecular formula is C74H99F3N10O10. The molecule has 0 bridgehead atoms. The molecule has 23 heteroatoms. The Hall–Kier alpha value is -7.50. The number of nitrogens with zero attached hydrogens (tertiary/aromatic N) is 10. The molecule has 97 heavy (non-hydrogen) atoms. The van der Waals surface area contributed by atoms with Crippen molar-refractivity contribution in [3.63, 3.8) is 0 Å². The van der Waals surface area contributed by atoms with Crippen LogP contribution in [0.4, 0.5) is 49.4 Å². The van der Waals surface area contributed by atoms with Gasteiger partial charge in [0.15, 0.2) is 0 Å². The van der Waals surface area contributed by atoms with Gasteiger partial charge in [-0.2, -0.15) is 0 Å². The largest absolute Gasteiger partial charge is 0.450 e. The minimum atomic E-state index is -0.362. The second-order valence-corrected chi connectivity index (χ2v) is 28.4. The number of carbonyl (C=O) groups excluding carboxylic acids is 6. The summed E-state index contributed by atoms with van der Waals surface area (Å²) >= 11 is 0. The molecule has 0 saturated carbocycles. The van der Waals surface area contributed by atoms with Crippen LogP contribution in [0, 0.1) is 23.4 Å². The van der Waals surface area contributed by atoms with Crippen LogP contribution in [-0.2, 0) is 40.0 Å². The number of halogens is 3. The van der Waals surface area contributed by atoms with Crippen LogP contribution in [0.15, 0.2) is 79.1 Å². The van der Waals surface area contributed by atoms with Crippen molar-refractivity contribution in [2.75, 3.05) is 133 Å². The molecule has 10 heterocycles. The van der Waals surface area contributed by atoms with Crippen molar-refractivity contribution in [2.45, 2.75) is 166 Å². The Kier molecular flexibility index (Phi) is 22.4. The number of rotatable bonds is 9. The van der Waals surface area contributed by atoms with E-state index in [0.717, 1.165) is 163 Å². The van der Waals surface area contributed by atoms with Crippen molar-refractivity contribution in [1.29, 1.82) is 0 Å². The van der Waals surface area contributed by atoms with E-state index in [1.165, 1.54) is 18.2 Å². The van der Waals surface area contributed by atoms with Crippen LogP contribution in [-0.4, -0.2) is 213 Å². The van der Waals surface area contributed by atoms with Crippen LogP contribution < -0.4 is 14.7 Å². The van der Waals surface area contributed by atoms with E-state index in [2.05, 4.69) is 19.7 Å². The molecule has 20 nitrogen and oxygen atoms in total. The molecule has 526 valence electrons. The number of likely N-dealkylation sites (tertiary alicyclic amines) is 6. The summed E-state index contributed by atoms with van der Waals surface area (Å²) in [6.45, 7) is 25.7. The van der Waals surface area contributed by atoms with Crippen molar-refractivity contribution < 1.29 is 60.9 Å². The van der Waals surface area contributed by atoms with E-state index in [0.29, 0.717) is 89.3 Å². The van der Waals surface area contributed by atoms with Crippen LogP contribution in [0.25, 0.3) is 0 Å². The molecule has 0 radical (unpaired) electrons. The van der Waals surface area contributed by atoms with Gasteiger partial charge in [-0.3, -0.25) is 19.5 Å². The highest BCUT2D eigenvalue weighted by Gasteiger charge is 2.51. The molecule has 9 aliphatic rings. The maximum absolute atomic E-state index is 14.3. The predicted molar refractivity (Wildman–Crippen MR) is 364 cm³/mol. The average molecular weight is 1350 g/mol. The van der Waals surface area contributed by atoms with E-state index in [4.69, 9.17) is 18.9 Å². The number of piperidine rings is 6. The van der Waals surface area contributed by atoms with Gasteiger partial charge in [-0.15, -0.1) is 0 Å². The molecule has 3 aromatic carbocycles. The second kappa shape index (κ2) is 30.7. The van der Waals surface area contributed by atoms with Crippen LogP contribution in [0.1, 0.15) is 153 Å². The first-order chi connectivity index (χ1) is 46.7. The van der Waals surface area contributed by atoms with Gasteiger partial charge >= 0.3 is 24.4 Å². The standard InChI is InChI=1S/C26H31FN4O3.C24H34FN3O4.C24H34FN3O3/c1-2-34-25(33)30-12-7-21(8-13-30)29-14-9-26(10-15-29)18-31(23-6-5-20(27)16-22(23)26)24(32)19-4-3-11-28-17-19;1-4-31-22(29)27-11-7-19(8-12-27)26-13-9-24(10-14-26)16-28(23(30)32-17(2)3)21-6-5-18(25)15-20(21)24;1-4-31-23(30)27-11-7-19(8-12-27)26-13-9-24(10-14-26)16-28(22(29)17(2)3)21-6-5-18(25)15-20(21)24/h3-6,11,16-17,21H,2,7-10,12-15,18H2,1H3;5-6,15,17,19H,4,7-14,16H2,1-3H3;5-6,15,17,19H,4,7-14,16H2,1-3H3. The quantitative estimate of drug-likeness (QED) is 0.144. The number of pyridine rings is 1. The van der Waals surface area contributed by atoms with Gasteiger partial charge in [-0.25, -0.2) is 32.3 Å². The summed E-state index contributed by atoms with van der Waals surface area (Å²) in [7, 11) is 0. The van der Waals surface area contributed by atoms with Gasteiger partial charge in [0.05, 0.1) is 37.2 Å². The lowest BCUT2D eigenvalue weighted by Crippen LogP contribution is -2.52. The number of aromatic nitrogens is 1. The van der Waals surface area contributed by atoms with E-state index < -0.39 is 0 Å². The molecule has 4 aromatic rings. The Morgan fingerprint density at radius 2 is 0.804 bits per heavy atom. The fourth-order valence-electron chi connectivity index (χ4n) is 16.8. The van der Waals surface area contributed by atoms with Gasteiger partial charge in [0, 0.05) is 123 Å². The maximum Gasteiger partial charge on any atom is 0.414 e. The molecule has 0 atom stereocenters. The Bertz CT molecular complexity index is 3420. The Balaban J connectivity index is 0.000000148. The lowest BCUT2D eigenvalue weighted by molar-refractivity contribution is -0.121. The van der Waals surface area contributed by atoms with Gasteiger partial charge in [0.2, 0.25) is 5.91 Å². The van der Waals surface area contributed by atoms with E-state index in [-0.39, 0.29) is 81.9 Å². The third-order valence-corrected chi connectivity index (χ3v) is 22.1. The Morgan fingerprint density at radius 1 is 0.464 bits per heavy atom. The molecule has 3 spiro atoms. The highest BCUT2D eigenvalue weighted by Crippen LogP contribution is 2.51. The van der Waals surface area contributed by atoms with Crippen LogP contribution in [0.2, 0.25) is 0 Å². The van der Waals surface area contributed by atoms with Crippen LogP contribution >= 0.6 is 0 Å². The summed E-state index contributed by atoms with van der Waals surface area (Å²) in [5, 5.41) is 0. The van der Waals surface area contributed by atoms with Crippen LogP contribution in [0.5, 0.6) is 0 Å². The number of amides is 6. The number of ether oxygens (including phenoxy) is 4. The first-order valence-corrected chi connectivity index (χ1v) is 35.6. The number of hydrogen-bond acceptors (Lipinski definition) is 14. The first kappa shape index (κ1) is 70.8. The smallest absolute Gasteiger partial charge is 0.414 e. The molecule has 6 amide bonds. The van der Waals surface area contributed by atoms with Gasteiger partial charge in [0.1, 0.15) is 17.5 Å². The van der Waals surface area contributed by atoms with E-state index in [9.17, 15) is 41.9 Å². The topological polar surface area (TPSA) is 181 Å². The zero-order valence-corrected chi connectivity index (χ0v) is 57.8. The van der Waals surface area contributed by atoms with E-state index in [1.54, 1.807) is 85.4 Å². The summed E-state index contributed by atoms with van der Waals surface area (Å²) in [5.74, 6) is -0.827. The molecule has 1 aromatic heterocycles.